The third-order valence-corrected chi connectivity index (χ3v) is 3.51. The van der Waals surface area contributed by atoms with Crippen LogP contribution in [0.1, 0.15) is 19.4 Å². The molecule has 1 fully saturated rings. The number of benzene rings is 1. The number of nitrogens with one attached hydrogen (secondary N) is 2. The normalized spacial score (nSPS) is 16.0. The predicted octanol–water partition coefficient (Wildman–Crippen LogP) is 1.58. The Hall–Kier alpha value is -1.49. The Labute approximate surface area is 111 Å². The molecule has 0 bridgehead atoms. The zero-order valence-electron chi connectivity index (χ0n) is 11.1. The molecule has 2 rings (SSSR count). The van der Waals surface area contributed by atoms with Crippen LogP contribution in [0.4, 0.5) is 8.78 Å². The van der Waals surface area contributed by atoms with Crippen LogP contribution in [0.15, 0.2) is 18.2 Å². The van der Waals surface area contributed by atoms with E-state index in [9.17, 15) is 13.6 Å². The van der Waals surface area contributed by atoms with E-state index in [4.69, 9.17) is 0 Å². The van der Waals surface area contributed by atoms with Crippen molar-refractivity contribution in [3.05, 3.63) is 35.4 Å². The first-order valence-corrected chi connectivity index (χ1v) is 6.34. The van der Waals surface area contributed by atoms with E-state index in [1.807, 2.05) is 0 Å². The second kappa shape index (κ2) is 5.25. The molecule has 1 amide bonds. The van der Waals surface area contributed by atoms with Gasteiger partial charge in [-0.25, -0.2) is 8.78 Å². The highest BCUT2D eigenvalue weighted by Crippen LogP contribution is 2.26. The van der Waals surface area contributed by atoms with Crippen LogP contribution in [0.5, 0.6) is 0 Å². The molecule has 1 aromatic carbocycles. The molecular weight excluding hydrogens is 250 g/mol. The molecule has 1 saturated heterocycles. The lowest BCUT2D eigenvalue weighted by atomic mass is 9.84. The summed E-state index contributed by atoms with van der Waals surface area (Å²) >= 11 is 0. The smallest absolute Gasteiger partial charge is 0.225 e. The van der Waals surface area contributed by atoms with Gasteiger partial charge in [0, 0.05) is 25.0 Å². The van der Waals surface area contributed by atoms with Crippen molar-refractivity contribution in [1.82, 2.24) is 10.6 Å². The molecule has 1 aliphatic heterocycles. The first-order valence-electron chi connectivity index (χ1n) is 6.34. The topological polar surface area (TPSA) is 41.1 Å². The van der Waals surface area contributed by atoms with E-state index in [0.717, 1.165) is 12.1 Å². The quantitative estimate of drug-likeness (QED) is 0.870. The van der Waals surface area contributed by atoms with Crippen molar-refractivity contribution in [2.75, 3.05) is 19.6 Å². The van der Waals surface area contributed by atoms with Gasteiger partial charge in [-0.1, -0.05) is 13.8 Å². The van der Waals surface area contributed by atoms with E-state index in [1.54, 1.807) is 13.8 Å². The molecule has 0 spiro atoms. The van der Waals surface area contributed by atoms with Gasteiger partial charge in [-0.05, 0) is 23.8 Å². The van der Waals surface area contributed by atoms with Crippen molar-refractivity contribution >= 4 is 5.91 Å². The van der Waals surface area contributed by atoms with Gasteiger partial charge in [-0.15, -0.1) is 0 Å². The molecule has 0 saturated carbocycles. The van der Waals surface area contributed by atoms with E-state index >= 15 is 0 Å². The van der Waals surface area contributed by atoms with Crippen molar-refractivity contribution in [3.63, 3.8) is 0 Å². The van der Waals surface area contributed by atoms with Crippen LogP contribution in [0.2, 0.25) is 0 Å². The highest BCUT2D eigenvalue weighted by molar-refractivity contribution is 5.80. The standard InChI is InChI=1S/C14H18F2N2O/c1-14(2,8-18-13(19)9-6-17-7-9)11-5-10(15)3-4-12(11)16/h3-5,9,17H,6-8H2,1-2H3,(H,18,19). The molecule has 19 heavy (non-hydrogen) atoms. The SMILES string of the molecule is CC(C)(CNC(=O)C1CNC1)c1cc(F)ccc1F. The van der Waals surface area contributed by atoms with Gasteiger partial charge in [0.05, 0.1) is 5.92 Å². The van der Waals surface area contributed by atoms with Crippen LogP contribution >= 0.6 is 0 Å². The lowest BCUT2D eigenvalue weighted by Gasteiger charge is -2.30. The molecule has 0 aliphatic carbocycles. The Kier molecular flexibility index (Phi) is 3.85. The molecule has 0 radical (unpaired) electrons. The van der Waals surface area contributed by atoms with E-state index in [-0.39, 0.29) is 23.9 Å². The molecule has 0 atom stereocenters. The van der Waals surface area contributed by atoms with Crippen molar-refractivity contribution in [3.8, 4) is 0 Å². The van der Waals surface area contributed by atoms with E-state index in [2.05, 4.69) is 10.6 Å². The number of hydrogen-bond acceptors (Lipinski definition) is 2. The van der Waals surface area contributed by atoms with Gasteiger partial charge in [0.25, 0.3) is 0 Å². The Morgan fingerprint density at radius 3 is 2.68 bits per heavy atom. The maximum absolute atomic E-state index is 13.7. The lowest BCUT2D eigenvalue weighted by Crippen LogP contribution is -2.52. The fourth-order valence-electron chi connectivity index (χ4n) is 2.04. The summed E-state index contributed by atoms with van der Waals surface area (Å²) in [5.74, 6) is -0.971. The highest BCUT2D eigenvalue weighted by atomic mass is 19.1. The Bertz CT molecular complexity index is 484. The van der Waals surface area contributed by atoms with E-state index in [1.165, 1.54) is 6.07 Å². The zero-order valence-corrected chi connectivity index (χ0v) is 11.1. The molecule has 104 valence electrons. The molecule has 3 nitrogen and oxygen atoms in total. The fraction of sp³-hybridized carbons (Fsp3) is 0.500. The molecule has 1 aliphatic rings. The van der Waals surface area contributed by atoms with Crippen molar-refractivity contribution in [1.29, 1.82) is 0 Å². The number of hydrogen-bond donors (Lipinski definition) is 2. The largest absolute Gasteiger partial charge is 0.355 e. The number of carbonyl (C=O) groups excluding carboxylic acids is 1. The first kappa shape index (κ1) is 13.9. The summed E-state index contributed by atoms with van der Waals surface area (Å²) in [6.07, 6.45) is 0. The monoisotopic (exact) mass is 268 g/mol. The van der Waals surface area contributed by atoms with Gasteiger partial charge in [0.1, 0.15) is 11.6 Å². The Balaban J connectivity index is 2.04. The number of amides is 1. The van der Waals surface area contributed by atoms with Crippen LogP contribution in [-0.4, -0.2) is 25.5 Å². The van der Waals surface area contributed by atoms with Gasteiger partial charge in [0.2, 0.25) is 5.91 Å². The summed E-state index contributed by atoms with van der Waals surface area (Å²) in [5.41, 5.74) is -0.376. The summed E-state index contributed by atoms with van der Waals surface area (Å²) < 4.78 is 26.9. The summed E-state index contributed by atoms with van der Waals surface area (Å²) in [5, 5.41) is 5.82. The van der Waals surface area contributed by atoms with Crippen LogP contribution in [-0.2, 0) is 10.2 Å². The Morgan fingerprint density at radius 2 is 2.11 bits per heavy atom. The van der Waals surface area contributed by atoms with Gasteiger partial charge < -0.3 is 10.6 Å². The summed E-state index contributed by atoms with van der Waals surface area (Å²) in [6, 6.07) is 3.39. The molecule has 0 aromatic heterocycles. The van der Waals surface area contributed by atoms with Crippen LogP contribution in [0.3, 0.4) is 0 Å². The molecular formula is C14H18F2N2O. The molecule has 1 heterocycles. The van der Waals surface area contributed by atoms with Crippen LogP contribution in [0, 0.1) is 17.6 Å². The number of rotatable bonds is 4. The summed E-state index contributed by atoms with van der Waals surface area (Å²) in [4.78, 5) is 11.7. The minimum absolute atomic E-state index is 0.00634. The summed E-state index contributed by atoms with van der Waals surface area (Å²) in [6.45, 7) is 5.21. The molecule has 5 heteroatoms. The second-order valence-electron chi connectivity index (χ2n) is 5.58. The Morgan fingerprint density at radius 1 is 1.42 bits per heavy atom. The van der Waals surface area contributed by atoms with Crippen molar-refractivity contribution in [2.24, 2.45) is 5.92 Å². The van der Waals surface area contributed by atoms with Crippen LogP contribution < -0.4 is 10.6 Å². The molecule has 2 N–H and O–H groups in total. The lowest BCUT2D eigenvalue weighted by molar-refractivity contribution is -0.126. The molecule has 0 unspecified atom stereocenters. The first-order chi connectivity index (χ1) is 8.90. The fourth-order valence-corrected chi connectivity index (χ4v) is 2.04. The third kappa shape index (κ3) is 3.10. The van der Waals surface area contributed by atoms with E-state index in [0.29, 0.717) is 13.1 Å². The minimum atomic E-state index is -0.654. The number of halogens is 2. The van der Waals surface area contributed by atoms with Gasteiger partial charge in [-0.2, -0.15) is 0 Å². The average Bonchev–Trinajstić information content (AvgIpc) is 2.27. The molecule has 1 aromatic rings. The van der Waals surface area contributed by atoms with Crippen LogP contribution in [0.25, 0.3) is 0 Å². The number of carbonyl (C=O) groups is 1. The highest BCUT2D eigenvalue weighted by Gasteiger charge is 2.29. The van der Waals surface area contributed by atoms with Gasteiger partial charge in [-0.3, -0.25) is 4.79 Å². The maximum Gasteiger partial charge on any atom is 0.225 e. The zero-order chi connectivity index (χ0) is 14.0. The third-order valence-electron chi connectivity index (χ3n) is 3.51. The van der Waals surface area contributed by atoms with Gasteiger partial charge >= 0.3 is 0 Å². The average molecular weight is 268 g/mol. The van der Waals surface area contributed by atoms with Gasteiger partial charge in [0.15, 0.2) is 0 Å². The maximum atomic E-state index is 13.7. The second-order valence-corrected chi connectivity index (χ2v) is 5.58. The summed E-state index contributed by atoms with van der Waals surface area (Å²) in [7, 11) is 0. The van der Waals surface area contributed by atoms with E-state index < -0.39 is 17.0 Å². The predicted molar refractivity (Wildman–Crippen MR) is 68.8 cm³/mol. The van der Waals surface area contributed by atoms with Crippen molar-refractivity contribution in [2.45, 2.75) is 19.3 Å². The van der Waals surface area contributed by atoms with Crippen molar-refractivity contribution < 1.29 is 13.6 Å². The minimum Gasteiger partial charge on any atom is -0.355 e.